The van der Waals surface area contributed by atoms with Crippen LogP contribution in [0.25, 0.3) is 12.2 Å². The molecule has 2 aromatic rings. The van der Waals surface area contributed by atoms with Gasteiger partial charge in [0.25, 0.3) is 0 Å². The second-order valence-corrected chi connectivity index (χ2v) is 5.33. The summed E-state index contributed by atoms with van der Waals surface area (Å²) in [5.74, 6) is 0. The van der Waals surface area contributed by atoms with Crippen molar-refractivity contribution in [2.45, 2.75) is 0 Å². The Kier molecular flexibility index (Phi) is 4.58. The molecule has 0 bridgehead atoms. The van der Waals surface area contributed by atoms with E-state index in [-0.39, 0.29) is 0 Å². The van der Waals surface area contributed by atoms with E-state index in [1.165, 1.54) is 0 Å². The molecule has 92 valence electrons. The summed E-state index contributed by atoms with van der Waals surface area (Å²) in [6.07, 6.45) is 3.79. The summed E-state index contributed by atoms with van der Waals surface area (Å²) in [5.41, 5.74) is 1.80. The van der Waals surface area contributed by atoms with Crippen LogP contribution in [0.15, 0.2) is 36.4 Å². The van der Waals surface area contributed by atoms with E-state index in [0.29, 0.717) is 20.1 Å². The highest BCUT2D eigenvalue weighted by Crippen LogP contribution is 2.25. The van der Waals surface area contributed by atoms with Crippen LogP contribution in [0.1, 0.15) is 11.1 Å². The van der Waals surface area contributed by atoms with E-state index in [9.17, 15) is 0 Å². The van der Waals surface area contributed by atoms with Crippen molar-refractivity contribution >= 4 is 58.6 Å². The van der Waals surface area contributed by atoms with Crippen LogP contribution >= 0.6 is 46.4 Å². The van der Waals surface area contributed by atoms with E-state index in [4.69, 9.17) is 46.4 Å². The van der Waals surface area contributed by atoms with Gasteiger partial charge < -0.3 is 0 Å². The van der Waals surface area contributed by atoms with Crippen LogP contribution in [0.5, 0.6) is 0 Å². The summed E-state index contributed by atoms with van der Waals surface area (Å²) in [6.45, 7) is 0. The maximum atomic E-state index is 6.06. The van der Waals surface area contributed by atoms with Crippen LogP contribution in [-0.4, -0.2) is 0 Å². The maximum absolute atomic E-state index is 6.06. The Morgan fingerprint density at radius 3 is 2.11 bits per heavy atom. The van der Waals surface area contributed by atoms with Crippen molar-refractivity contribution in [3.8, 4) is 0 Å². The minimum atomic E-state index is 0.524. The van der Waals surface area contributed by atoms with E-state index in [0.717, 1.165) is 11.1 Å². The van der Waals surface area contributed by atoms with Crippen molar-refractivity contribution in [2.24, 2.45) is 0 Å². The highest BCUT2D eigenvalue weighted by atomic mass is 35.5. The molecule has 0 fully saturated rings. The summed E-state index contributed by atoms with van der Waals surface area (Å²) in [4.78, 5) is 0. The summed E-state index contributed by atoms with van der Waals surface area (Å²) in [5, 5.41) is 2.36. The van der Waals surface area contributed by atoms with Crippen LogP contribution in [0.4, 0.5) is 0 Å². The highest BCUT2D eigenvalue weighted by molar-refractivity contribution is 6.42. The molecular weight excluding hydrogens is 310 g/mol. The molecule has 0 nitrogen and oxygen atoms in total. The minimum absolute atomic E-state index is 0.524. The molecule has 0 aliphatic heterocycles. The Balaban J connectivity index is 2.29. The van der Waals surface area contributed by atoms with E-state index < -0.39 is 0 Å². The lowest BCUT2D eigenvalue weighted by atomic mass is 10.1. The fourth-order valence-corrected chi connectivity index (χ4v) is 2.11. The molecule has 0 N–H and O–H groups in total. The first kappa shape index (κ1) is 13.8. The predicted octanol–water partition coefficient (Wildman–Crippen LogP) is 6.47. The molecular formula is C14H8Cl4. The minimum Gasteiger partial charge on any atom is -0.0843 e. The van der Waals surface area contributed by atoms with Gasteiger partial charge in [-0.15, -0.1) is 0 Å². The van der Waals surface area contributed by atoms with Gasteiger partial charge in [0.15, 0.2) is 0 Å². The molecule has 0 aliphatic carbocycles. The van der Waals surface area contributed by atoms with Gasteiger partial charge >= 0.3 is 0 Å². The average Bonchev–Trinajstić information content (AvgIpc) is 2.34. The van der Waals surface area contributed by atoms with E-state index >= 15 is 0 Å². The Labute approximate surface area is 126 Å². The van der Waals surface area contributed by atoms with Crippen LogP contribution in [0.2, 0.25) is 20.1 Å². The SMILES string of the molecule is Clc1ccc(Cl)c(/C=C/c2ccc(Cl)c(Cl)c2)c1. The number of halogens is 4. The molecule has 0 aliphatic rings. The number of rotatable bonds is 2. The molecule has 0 amide bonds. The van der Waals surface area contributed by atoms with E-state index in [2.05, 4.69) is 0 Å². The molecule has 0 spiro atoms. The summed E-state index contributed by atoms with van der Waals surface area (Å²) >= 11 is 23.8. The zero-order valence-corrected chi connectivity index (χ0v) is 12.2. The lowest BCUT2D eigenvalue weighted by molar-refractivity contribution is 1.64. The molecule has 4 heteroatoms. The number of benzene rings is 2. The Morgan fingerprint density at radius 2 is 1.39 bits per heavy atom. The second kappa shape index (κ2) is 5.99. The first-order valence-corrected chi connectivity index (χ1v) is 6.65. The zero-order chi connectivity index (χ0) is 13.1. The van der Waals surface area contributed by atoms with Gasteiger partial charge in [0, 0.05) is 10.0 Å². The molecule has 2 aromatic carbocycles. The molecule has 0 unspecified atom stereocenters. The van der Waals surface area contributed by atoms with Gasteiger partial charge in [0.05, 0.1) is 10.0 Å². The van der Waals surface area contributed by atoms with Crippen molar-refractivity contribution in [3.63, 3.8) is 0 Å². The molecule has 0 heterocycles. The van der Waals surface area contributed by atoms with Gasteiger partial charge in [-0.3, -0.25) is 0 Å². The van der Waals surface area contributed by atoms with Gasteiger partial charge in [-0.2, -0.15) is 0 Å². The first-order valence-electron chi connectivity index (χ1n) is 5.14. The smallest absolute Gasteiger partial charge is 0.0598 e. The summed E-state index contributed by atoms with van der Waals surface area (Å²) < 4.78 is 0. The Bertz CT molecular complexity index is 603. The predicted molar refractivity (Wildman–Crippen MR) is 81.9 cm³/mol. The fraction of sp³-hybridized carbons (Fsp3) is 0. The number of hydrogen-bond acceptors (Lipinski definition) is 0. The van der Waals surface area contributed by atoms with Gasteiger partial charge in [0.2, 0.25) is 0 Å². The van der Waals surface area contributed by atoms with Gasteiger partial charge in [0.1, 0.15) is 0 Å². The van der Waals surface area contributed by atoms with Crippen LogP contribution in [0.3, 0.4) is 0 Å². The van der Waals surface area contributed by atoms with Crippen LogP contribution in [0, 0.1) is 0 Å². The van der Waals surface area contributed by atoms with Crippen molar-refractivity contribution in [3.05, 3.63) is 67.6 Å². The lowest BCUT2D eigenvalue weighted by Crippen LogP contribution is -1.77. The van der Waals surface area contributed by atoms with Crippen molar-refractivity contribution in [1.29, 1.82) is 0 Å². The Hall–Kier alpha value is -0.660. The van der Waals surface area contributed by atoms with Gasteiger partial charge in [-0.05, 0) is 41.5 Å². The van der Waals surface area contributed by atoms with Gasteiger partial charge in [-0.1, -0.05) is 64.6 Å². The fourth-order valence-electron chi connectivity index (χ4n) is 1.44. The quantitative estimate of drug-likeness (QED) is 0.557. The van der Waals surface area contributed by atoms with Crippen molar-refractivity contribution < 1.29 is 0 Å². The third-order valence-electron chi connectivity index (χ3n) is 2.36. The van der Waals surface area contributed by atoms with E-state index in [1.54, 1.807) is 30.3 Å². The third-order valence-corrected chi connectivity index (χ3v) is 3.68. The summed E-state index contributed by atoms with van der Waals surface area (Å²) in [7, 11) is 0. The lowest BCUT2D eigenvalue weighted by Gasteiger charge is -2.00. The Morgan fingerprint density at radius 1 is 0.667 bits per heavy atom. The van der Waals surface area contributed by atoms with Gasteiger partial charge in [-0.25, -0.2) is 0 Å². The van der Waals surface area contributed by atoms with E-state index in [1.807, 2.05) is 18.2 Å². The monoisotopic (exact) mass is 316 g/mol. The standard InChI is InChI=1S/C14H8Cl4/c15-11-4-6-12(16)10(8-11)3-1-9-2-5-13(17)14(18)7-9/h1-8H/b3-1+. The molecule has 0 saturated heterocycles. The van der Waals surface area contributed by atoms with Crippen molar-refractivity contribution in [1.82, 2.24) is 0 Å². The summed E-state index contributed by atoms with van der Waals surface area (Å²) in [6, 6.07) is 10.7. The maximum Gasteiger partial charge on any atom is 0.0598 e. The molecule has 0 radical (unpaired) electrons. The average molecular weight is 318 g/mol. The third kappa shape index (κ3) is 3.43. The molecule has 0 atom stereocenters. The van der Waals surface area contributed by atoms with Crippen LogP contribution < -0.4 is 0 Å². The zero-order valence-electron chi connectivity index (χ0n) is 9.13. The largest absolute Gasteiger partial charge is 0.0843 e. The highest BCUT2D eigenvalue weighted by Gasteiger charge is 1.99. The number of hydrogen-bond donors (Lipinski definition) is 0. The molecule has 2 rings (SSSR count). The first-order chi connectivity index (χ1) is 8.56. The topological polar surface area (TPSA) is 0 Å². The molecule has 0 saturated carbocycles. The van der Waals surface area contributed by atoms with Crippen molar-refractivity contribution in [2.75, 3.05) is 0 Å². The van der Waals surface area contributed by atoms with Crippen LogP contribution in [-0.2, 0) is 0 Å². The molecule has 0 aromatic heterocycles. The molecule has 18 heavy (non-hydrogen) atoms. The second-order valence-electron chi connectivity index (χ2n) is 3.67. The normalized spacial score (nSPS) is 11.1.